The molecule has 2 rings (SSSR count). The molecule has 0 radical (unpaired) electrons. The molecule has 0 bridgehead atoms. The van der Waals surface area contributed by atoms with Crippen LogP contribution in [0.1, 0.15) is 49.4 Å². The fraction of sp³-hybridized carbons (Fsp3) is 0.533. The number of carbonyl (C=O) groups is 1. The number of anilines is 2. The zero-order valence-corrected chi connectivity index (χ0v) is 11.5. The number of para-hydroxylation sites is 1. The molecule has 2 unspecified atom stereocenters. The molecule has 4 heteroatoms. The van der Waals surface area contributed by atoms with Crippen LogP contribution in [0.3, 0.4) is 0 Å². The fourth-order valence-electron chi connectivity index (χ4n) is 2.76. The number of amides is 1. The van der Waals surface area contributed by atoms with Gasteiger partial charge in [0, 0.05) is 6.04 Å². The molecule has 0 heterocycles. The van der Waals surface area contributed by atoms with E-state index in [0.717, 1.165) is 24.4 Å². The van der Waals surface area contributed by atoms with Gasteiger partial charge in [-0.15, -0.1) is 0 Å². The summed E-state index contributed by atoms with van der Waals surface area (Å²) in [5.74, 6) is 0.330. The summed E-state index contributed by atoms with van der Waals surface area (Å²) in [5, 5.41) is 3.47. The van der Waals surface area contributed by atoms with Gasteiger partial charge in [-0.2, -0.15) is 0 Å². The molecule has 1 fully saturated rings. The van der Waals surface area contributed by atoms with Crippen molar-refractivity contribution in [2.75, 3.05) is 11.1 Å². The van der Waals surface area contributed by atoms with Crippen molar-refractivity contribution >= 4 is 17.3 Å². The Morgan fingerprint density at radius 1 is 1.26 bits per heavy atom. The van der Waals surface area contributed by atoms with Crippen molar-refractivity contribution < 1.29 is 4.79 Å². The summed E-state index contributed by atoms with van der Waals surface area (Å²) in [7, 11) is 0. The smallest absolute Gasteiger partial charge is 0.250 e. The van der Waals surface area contributed by atoms with Crippen LogP contribution in [0, 0.1) is 5.92 Å². The number of benzene rings is 1. The summed E-state index contributed by atoms with van der Waals surface area (Å²) in [5.41, 5.74) is 13.0. The molecule has 1 aliphatic rings. The maximum Gasteiger partial charge on any atom is 0.250 e. The van der Waals surface area contributed by atoms with E-state index in [1.807, 2.05) is 12.1 Å². The molecular weight excluding hydrogens is 238 g/mol. The van der Waals surface area contributed by atoms with Crippen LogP contribution in [-0.4, -0.2) is 11.9 Å². The summed E-state index contributed by atoms with van der Waals surface area (Å²) < 4.78 is 0. The van der Waals surface area contributed by atoms with E-state index in [-0.39, 0.29) is 0 Å². The monoisotopic (exact) mass is 261 g/mol. The lowest BCUT2D eigenvalue weighted by Crippen LogP contribution is -2.21. The van der Waals surface area contributed by atoms with Gasteiger partial charge in [-0.3, -0.25) is 4.79 Å². The quantitative estimate of drug-likeness (QED) is 0.578. The molecule has 4 nitrogen and oxygen atoms in total. The van der Waals surface area contributed by atoms with E-state index >= 15 is 0 Å². The van der Waals surface area contributed by atoms with Crippen molar-refractivity contribution in [3.05, 3.63) is 23.8 Å². The van der Waals surface area contributed by atoms with Gasteiger partial charge in [-0.05, 0) is 37.3 Å². The minimum atomic E-state index is -0.476. The molecule has 104 valence electrons. The largest absolute Gasteiger partial charge is 0.396 e. The molecule has 0 aromatic heterocycles. The third-order valence-corrected chi connectivity index (χ3v) is 3.99. The van der Waals surface area contributed by atoms with Crippen LogP contribution >= 0.6 is 0 Å². The first-order valence-electron chi connectivity index (χ1n) is 7.02. The predicted octanol–water partition coefficient (Wildman–Crippen LogP) is 2.75. The van der Waals surface area contributed by atoms with E-state index in [1.54, 1.807) is 6.07 Å². The molecule has 0 spiro atoms. The van der Waals surface area contributed by atoms with E-state index < -0.39 is 5.91 Å². The van der Waals surface area contributed by atoms with Crippen molar-refractivity contribution in [3.8, 4) is 0 Å². The van der Waals surface area contributed by atoms with Gasteiger partial charge in [0.25, 0.3) is 5.91 Å². The van der Waals surface area contributed by atoms with Crippen LogP contribution in [0.5, 0.6) is 0 Å². The zero-order valence-electron chi connectivity index (χ0n) is 11.5. The molecule has 0 saturated heterocycles. The molecule has 2 atom stereocenters. The Morgan fingerprint density at radius 2 is 2.05 bits per heavy atom. The van der Waals surface area contributed by atoms with Crippen LogP contribution in [0.15, 0.2) is 18.2 Å². The summed E-state index contributed by atoms with van der Waals surface area (Å²) in [4.78, 5) is 11.3. The van der Waals surface area contributed by atoms with Crippen LogP contribution in [0.25, 0.3) is 0 Å². The Bertz CT molecular complexity index is 459. The number of rotatable bonds is 3. The number of carbonyl (C=O) groups excluding carboxylic acids is 1. The van der Waals surface area contributed by atoms with Gasteiger partial charge in [-0.25, -0.2) is 0 Å². The SMILES string of the molecule is CC1CCCC(Nc2cccc(C(N)=O)c2N)CC1. The first kappa shape index (κ1) is 13.7. The average Bonchev–Trinajstić information content (AvgIpc) is 2.57. The Kier molecular flexibility index (Phi) is 4.30. The fourth-order valence-corrected chi connectivity index (χ4v) is 2.76. The third kappa shape index (κ3) is 3.40. The van der Waals surface area contributed by atoms with Crippen molar-refractivity contribution in [1.29, 1.82) is 0 Å². The standard InChI is InChI=1S/C15H23N3O/c1-10-4-2-5-11(9-8-10)18-13-7-3-6-12(14(13)16)15(17)19/h3,6-7,10-11,18H,2,4-5,8-9,16H2,1H3,(H2,17,19). The second kappa shape index (κ2) is 5.95. The van der Waals surface area contributed by atoms with Crippen LogP contribution in [0.2, 0.25) is 0 Å². The van der Waals surface area contributed by atoms with Gasteiger partial charge in [0.1, 0.15) is 0 Å². The van der Waals surface area contributed by atoms with Gasteiger partial charge in [0.2, 0.25) is 0 Å². The van der Waals surface area contributed by atoms with Gasteiger partial charge in [0.05, 0.1) is 16.9 Å². The minimum Gasteiger partial charge on any atom is -0.396 e. The highest BCUT2D eigenvalue weighted by molar-refractivity contribution is 6.00. The first-order chi connectivity index (χ1) is 9.08. The third-order valence-electron chi connectivity index (χ3n) is 3.99. The number of primary amides is 1. The summed E-state index contributed by atoms with van der Waals surface area (Å²) in [6, 6.07) is 5.84. The predicted molar refractivity (Wildman–Crippen MR) is 79.0 cm³/mol. The Balaban J connectivity index is 2.10. The second-order valence-electron chi connectivity index (χ2n) is 5.59. The van der Waals surface area contributed by atoms with Crippen LogP contribution in [-0.2, 0) is 0 Å². The molecule has 1 saturated carbocycles. The van der Waals surface area contributed by atoms with Crippen molar-refractivity contribution in [3.63, 3.8) is 0 Å². The summed E-state index contributed by atoms with van der Waals surface area (Å²) >= 11 is 0. The van der Waals surface area contributed by atoms with Gasteiger partial charge >= 0.3 is 0 Å². The molecule has 1 amide bonds. The van der Waals surface area contributed by atoms with Crippen LogP contribution in [0.4, 0.5) is 11.4 Å². The Hall–Kier alpha value is -1.71. The Labute approximate surface area is 114 Å². The van der Waals surface area contributed by atoms with E-state index in [4.69, 9.17) is 11.5 Å². The Morgan fingerprint density at radius 3 is 2.79 bits per heavy atom. The second-order valence-corrected chi connectivity index (χ2v) is 5.59. The number of nitrogens with two attached hydrogens (primary N) is 2. The van der Waals surface area contributed by atoms with Gasteiger partial charge < -0.3 is 16.8 Å². The van der Waals surface area contributed by atoms with Crippen molar-refractivity contribution in [2.24, 2.45) is 11.7 Å². The van der Waals surface area contributed by atoms with Crippen molar-refractivity contribution in [2.45, 2.75) is 45.1 Å². The molecule has 1 aromatic rings. The lowest BCUT2D eigenvalue weighted by Gasteiger charge is -2.20. The maximum atomic E-state index is 11.3. The summed E-state index contributed by atoms with van der Waals surface area (Å²) in [6.45, 7) is 2.31. The highest BCUT2D eigenvalue weighted by atomic mass is 16.1. The lowest BCUT2D eigenvalue weighted by molar-refractivity contribution is 0.100. The molecule has 1 aliphatic carbocycles. The summed E-state index contributed by atoms with van der Waals surface area (Å²) in [6.07, 6.45) is 6.10. The van der Waals surface area contributed by atoms with E-state index in [2.05, 4.69) is 12.2 Å². The molecular formula is C15H23N3O. The number of hydrogen-bond acceptors (Lipinski definition) is 3. The van der Waals surface area contributed by atoms with Crippen molar-refractivity contribution in [1.82, 2.24) is 0 Å². The van der Waals surface area contributed by atoms with Gasteiger partial charge in [0.15, 0.2) is 0 Å². The van der Waals surface area contributed by atoms with Crippen LogP contribution < -0.4 is 16.8 Å². The first-order valence-corrected chi connectivity index (χ1v) is 7.02. The molecule has 5 N–H and O–H groups in total. The van der Waals surface area contributed by atoms with E-state index in [1.165, 1.54) is 19.3 Å². The van der Waals surface area contributed by atoms with Gasteiger partial charge in [-0.1, -0.05) is 25.8 Å². The topological polar surface area (TPSA) is 81.1 Å². The minimum absolute atomic E-state index is 0.395. The average molecular weight is 261 g/mol. The highest BCUT2D eigenvalue weighted by Gasteiger charge is 2.17. The number of nitrogens with one attached hydrogen (secondary N) is 1. The lowest BCUT2D eigenvalue weighted by atomic mass is 10.0. The van der Waals surface area contributed by atoms with E-state index in [9.17, 15) is 4.79 Å². The zero-order chi connectivity index (χ0) is 13.8. The van der Waals surface area contributed by atoms with E-state index in [0.29, 0.717) is 17.3 Å². The maximum absolute atomic E-state index is 11.3. The highest BCUT2D eigenvalue weighted by Crippen LogP contribution is 2.28. The molecule has 1 aromatic carbocycles. The molecule has 19 heavy (non-hydrogen) atoms. The number of hydrogen-bond donors (Lipinski definition) is 3. The normalized spacial score (nSPS) is 23.6. The number of nitrogen functional groups attached to an aromatic ring is 1. The molecule has 0 aliphatic heterocycles.